The van der Waals surface area contributed by atoms with Gasteiger partial charge in [0.15, 0.2) is 0 Å². The minimum Gasteiger partial charge on any atom is -0.334 e. The summed E-state index contributed by atoms with van der Waals surface area (Å²) in [5.41, 5.74) is 1.48. The molecule has 0 N–H and O–H groups in total. The van der Waals surface area contributed by atoms with Crippen LogP contribution >= 0.6 is 0 Å². The Bertz CT molecular complexity index is 576. The van der Waals surface area contributed by atoms with Crippen LogP contribution in [0.2, 0.25) is 0 Å². The Labute approximate surface area is 173 Å². The summed E-state index contributed by atoms with van der Waals surface area (Å²) < 4.78 is 2.39. The van der Waals surface area contributed by atoms with Crippen LogP contribution in [0.1, 0.15) is 103 Å². The zero-order chi connectivity index (χ0) is 19.9. The molecule has 1 aromatic carbocycles. The summed E-state index contributed by atoms with van der Waals surface area (Å²) in [7, 11) is 0. The average Bonchev–Trinajstić information content (AvgIpc) is 3.25. The van der Waals surface area contributed by atoms with Gasteiger partial charge in [0, 0.05) is 18.4 Å². The lowest BCUT2D eigenvalue weighted by Crippen LogP contribution is -2.21. The molecule has 0 aliphatic carbocycles. The molecule has 0 spiro atoms. The molecular formula is C26H42N2. The molecule has 0 radical (unpaired) electrons. The quantitative estimate of drug-likeness (QED) is 0.269. The molecule has 0 saturated carbocycles. The molecule has 156 valence electrons. The summed E-state index contributed by atoms with van der Waals surface area (Å²) in [4.78, 5) is 4.36. The highest BCUT2D eigenvalue weighted by Gasteiger charge is 2.22. The Kier molecular flexibility index (Phi) is 11.7. The van der Waals surface area contributed by atoms with Crippen LogP contribution in [0.25, 0.3) is 0 Å². The standard InChI is InChI=1S/C26H42N2/c1-3-5-7-8-9-10-15-18-25(22-24-16-13-11-14-17-24)26(19-12-6-4-2)28-21-20-27-23-28/h11,13-14,16-17,20-21,23,25-26H,3-10,12,15,18-19,22H2,1-2H3. The average molecular weight is 383 g/mol. The van der Waals surface area contributed by atoms with Crippen molar-refractivity contribution in [3.8, 4) is 0 Å². The van der Waals surface area contributed by atoms with Gasteiger partial charge in [0.1, 0.15) is 0 Å². The molecule has 2 nitrogen and oxygen atoms in total. The predicted octanol–water partition coefficient (Wildman–Crippen LogP) is 8.00. The van der Waals surface area contributed by atoms with Gasteiger partial charge in [0.05, 0.1) is 6.33 Å². The van der Waals surface area contributed by atoms with Crippen LogP contribution in [0.5, 0.6) is 0 Å². The molecule has 1 aromatic heterocycles. The maximum Gasteiger partial charge on any atom is 0.0948 e. The van der Waals surface area contributed by atoms with E-state index in [1.807, 2.05) is 12.5 Å². The molecule has 0 saturated heterocycles. The molecular weight excluding hydrogens is 340 g/mol. The Morgan fingerprint density at radius 2 is 1.43 bits per heavy atom. The van der Waals surface area contributed by atoms with E-state index in [1.54, 1.807) is 0 Å². The largest absolute Gasteiger partial charge is 0.334 e. The number of rotatable bonds is 16. The molecule has 0 aliphatic rings. The van der Waals surface area contributed by atoms with E-state index in [0.29, 0.717) is 12.0 Å². The second kappa shape index (κ2) is 14.4. The lowest BCUT2D eigenvalue weighted by Gasteiger charge is -2.29. The lowest BCUT2D eigenvalue weighted by atomic mass is 9.84. The Morgan fingerprint density at radius 3 is 2.11 bits per heavy atom. The molecule has 2 unspecified atom stereocenters. The molecule has 0 aliphatic heterocycles. The second-order valence-electron chi connectivity index (χ2n) is 8.43. The van der Waals surface area contributed by atoms with Crippen molar-refractivity contribution in [2.45, 2.75) is 103 Å². The van der Waals surface area contributed by atoms with Gasteiger partial charge in [0.25, 0.3) is 0 Å². The van der Waals surface area contributed by atoms with Crippen LogP contribution in [0, 0.1) is 5.92 Å². The number of hydrogen-bond donors (Lipinski definition) is 0. The monoisotopic (exact) mass is 382 g/mol. The minimum atomic E-state index is 0.578. The normalized spacial score (nSPS) is 13.5. The molecule has 2 aromatic rings. The zero-order valence-corrected chi connectivity index (χ0v) is 18.4. The van der Waals surface area contributed by atoms with Crippen molar-refractivity contribution in [1.82, 2.24) is 9.55 Å². The molecule has 2 rings (SSSR count). The molecule has 2 heteroatoms. The summed E-state index contributed by atoms with van der Waals surface area (Å²) >= 11 is 0. The third-order valence-corrected chi connectivity index (χ3v) is 6.07. The fourth-order valence-electron chi connectivity index (χ4n) is 4.41. The molecule has 1 heterocycles. The van der Waals surface area contributed by atoms with Crippen LogP contribution in [0.3, 0.4) is 0 Å². The molecule has 28 heavy (non-hydrogen) atoms. The van der Waals surface area contributed by atoms with Crippen molar-refractivity contribution in [2.75, 3.05) is 0 Å². The van der Waals surface area contributed by atoms with E-state index in [-0.39, 0.29) is 0 Å². The summed E-state index contributed by atoms with van der Waals surface area (Å²) in [6.07, 6.45) is 23.6. The maximum atomic E-state index is 4.36. The van der Waals surface area contributed by atoms with Crippen LogP contribution in [0.4, 0.5) is 0 Å². The minimum absolute atomic E-state index is 0.578. The molecule has 0 fully saturated rings. The number of aromatic nitrogens is 2. The Hall–Kier alpha value is -1.57. The number of unbranched alkanes of at least 4 members (excludes halogenated alkanes) is 8. The van der Waals surface area contributed by atoms with E-state index in [4.69, 9.17) is 0 Å². The number of benzene rings is 1. The third kappa shape index (κ3) is 8.63. The third-order valence-electron chi connectivity index (χ3n) is 6.07. The highest BCUT2D eigenvalue weighted by molar-refractivity contribution is 5.15. The van der Waals surface area contributed by atoms with Crippen molar-refractivity contribution in [3.05, 3.63) is 54.6 Å². The fraction of sp³-hybridized carbons (Fsp3) is 0.654. The van der Waals surface area contributed by atoms with Gasteiger partial charge in [-0.2, -0.15) is 0 Å². The Balaban J connectivity index is 1.97. The molecule has 0 bridgehead atoms. The van der Waals surface area contributed by atoms with E-state index in [9.17, 15) is 0 Å². The van der Waals surface area contributed by atoms with Crippen LogP contribution in [-0.4, -0.2) is 9.55 Å². The van der Waals surface area contributed by atoms with Crippen molar-refractivity contribution in [2.24, 2.45) is 5.92 Å². The highest BCUT2D eigenvalue weighted by Crippen LogP contribution is 2.32. The number of imidazole rings is 1. The van der Waals surface area contributed by atoms with Crippen molar-refractivity contribution < 1.29 is 0 Å². The van der Waals surface area contributed by atoms with E-state index >= 15 is 0 Å². The van der Waals surface area contributed by atoms with Gasteiger partial charge < -0.3 is 4.57 Å². The van der Waals surface area contributed by atoms with Gasteiger partial charge in [0.2, 0.25) is 0 Å². The van der Waals surface area contributed by atoms with Crippen molar-refractivity contribution in [1.29, 1.82) is 0 Å². The Morgan fingerprint density at radius 1 is 0.786 bits per heavy atom. The highest BCUT2D eigenvalue weighted by atomic mass is 15.1. The second-order valence-corrected chi connectivity index (χ2v) is 8.43. The lowest BCUT2D eigenvalue weighted by molar-refractivity contribution is 0.276. The first kappa shape index (κ1) is 22.7. The summed E-state index contributed by atoms with van der Waals surface area (Å²) in [5, 5.41) is 0. The summed E-state index contributed by atoms with van der Waals surface area (Å²) in [6.45, 7) is 4.59. The van der Waals surface area contributed by atoms with Crippen LogP contribution in [-0.2, 0) is 6.42 Å². The number of hydrogen-bond acceptors (Lipinski definition) is 1. The van der Waals surface area contributed by atoms with Gasteiger partial charge in [-0.15, -0.1) is 0 Å². The SMILES string of the molecule is CCCCCCCCCC(Cc1ccccc1)C(CCCCC)n1ccnc1. The van der Waals surface area contributed by atoms with Crippen LogP contribution < -0.4 is 0 Å². The first-order valence-corrected chi connectivity index (χ1v) is 11.9. The van der Waals surface area contributed by atoms with Gasteiger partial charge in [-0.1, -0.05) is 108 Å². The number of nitrogens with zero attached hydrogens (tertiary/aromatic N) is 2. The fourth-order valence-corrected chi connectivity index (χ4v) is 4.41. The van der Waals surface area contributed by atoms with Gasteiger partial charge >= 0.3 is 0 Å². The van der Waals surface area contributed by atoms with Gasteiger partial charge in [-0.05, 0) is 30.7 Å². The first-order valence-electron chi connectivity index (χ1n) is 11.9. The summed E-state index contributed by atoms with van der Waals surface area (Å²) in [6, 6.07) is 11.7. The van der Waals surface area contributed by atoms with Crippen LogP contribution in [0.15, 0.2) is 49.1 Å². The first-order chi connectivity index (χ1) is 13.8. The van der Waals surface area contributed by atoms with Crippen molar-refractivity contribution >= 4 is 0 Å². The summed E-state index contributed by atoms with van der Waals surface area (Å²) in [5.74, 6) is 0.698. The van der Waals surface area contributed by atoms with E-state index in [0.717, 1.165) is 0 Å². The zero-order valence-electron chi connectivity index (χ0n) is 18.4. The molecule has 0 amide bonds. The molecule has 2 atom stereocenters. The predicted molar refractivity (Wildman–Crippen MR) is 122 cm³/mol. The van der Waals surface area contributed by atoms with E-state index in [1.165, 1.54) is 89.0 Å². The van der Waals surface area contributed by atoms with E-state index < -0.39 is 0 Å². The van der Waals surface area contributed by atoms with E-state index in [2.05, 4.69) is 59.9 Å². The van der Waals surface area contributed by atoms with Crippen molar-refractivity contribution in [3.63, 3.8) is 0 Å². The smallest absolute Gasteiger partial charge is 0.0948 e. The maximum absolute atomic E-state index is 4.36. The van der Waals surface area contributed by atoms with Gasteiger partial charge in [-0.25, -0.2) is 4.98 Å². The topological polar surface area (TPSA) is 17.8 Å². The van der Waals surface area contributed by atoms with Gasteiger partial charge in [-0.3, -0.25) is 0 Å².